The number of hydrogen-bond acceptors (Lipinski definition) is 5. The second-order valence-corrected chi connectivity index (χ2v) is 5.40. The van der Waals surface area contributed by atoms with Crippen LogP contribution in [0.2, 0.25) is 0 Å². The molecule has 0 atom stereocenters. The normalized spacial score (nSPS) is 12.6. The highest BCUT2D eigenvalue weighted by Crippen LogP contribution is 2.38. The third-order valence-corrected chi connectivity index (χ3v) is 4.28. The Bertz CT molecular complexity index is 557. The molecule has 19 heavy (non-hydrogen) atoms. The summed E-state index contributed by atoms with van der Waals surface area (Å²) in [6.07, 6.45) is 3.08. The van der Waals surface area contributed by atoms with Crippen LogP contribution in [0.15, 0.2) is 0 Å². The van der Waals surface area contributed by atoms with Crippen LogP contribution in [-0.2, 0) is 27.2 Å². The molecule has 0 aromatic carbocycles. The Morgan fingerprint density at radius 1 is 1.42 bits per heavy atom. The van der Waals surface area contributed by atoms with Crippen LogP contribution < -0.4 is 5.32 Å². The standard InChI is InChI=1S/C13H14N2O3S/c1-18-12(17)6-5-11(16)15-13-9(7-14)8-3-2-4-10(8)19-13/h2-6H2,1H3,(H,15,16). The number of carbonyl (C=O) groups excluding carboxylic acids is 2. The number of nitriles is 1. The molecular formula is C13H14N2O3S. The number of methoxy groups -OCH3 is 1. The fourth-order valence-electron chi connectivity index (χ4n) is 2.12. The molecule has 2 rings (SSSR count). The van der Waals surface area contributed by atoms with Gasteiger partial charge in [-0.15, -0.1) is 11.3 Å². The summed E-state index contributed by atoms with van der Waals surface area (Å²) in [7, 11) is 1.29. The van der Waals surface area contributed by atoms with Crippen LogP contribution >= 0.6 is 11.3 Å². The van der Waals surface area contributed by atoms with E-state index in [0.717, 1.165) is 24.8 Å². The molecule has 0 saturated carbocycles. The van der Waals surface area contributed by atoms with Gasteiger partial charge in [0.05, 0.1) is 19.1 Å². The molecule has 0 bridgehead atoms. The second kappa shape index (κ2) is 5.85. The lowest BCUT2D eigenvalue weighted by Gasteiger charge is -2.03. The van der Waals surface area contributed by atoms with E-state index in [-0.39, 0.29) is 18.7 Å². The van der Waals surface area contributed by atoms with Gasteiger partial charge < -0.3 is 10.1 Å². The van der Waals surface area contributed by atoms with Crippen molar-refractivity contribution in [3.8, 4) is 6.07 Å². The van der Waals surface area contributed by atoms with E-state index in [0.29, 0.717) is 10.6 Å². The number of rotatable bonds is 4. The van der Waals surface area contributed by atoms with Crippen molar-refractivity contribution in [1.29, 1.82) is 5.26 Å². The number of nitrogens with zero attached hydrogens (tertiary/aromatic N) is 1. The molecular weight excluding hydrogens is 264 g/mol. The van der Waals surface area contributed by atoms with Crippen molar-refractivity contribution in [3.63, 3.8) is 0 Å². The van der Waals surface area contributed by atoms with Gasteiger partial charge in [0.15, 0.2) is 0 Å². The van der Waals surface area contributed by atoms with Gasteiger partial charge in [-0.05, 0) is 24.8 Å². The van der Waals surface area contributed by atoms with E-state index in [4.69, 9.17) is 0 Å². The summed E-state index contributed by atoms with van der Waals surface area (Å²) in [5.74, 6) is -0.675. The third kappa shape index (κ3) is 2.93. The number of carbonyl (C=O) groups is 2. The lowest BCUT2D eigenvalue weighted by molar-refractivity contribution is -0.141. The second-order valence-electron chi connectivity index (χ2n) is 4.30. The maximum absolute atomic E-state index is 11.7. The Kier molecular flexibility index (Phi) is 4.17. The zero-order valence-electron chi connectivity index (χ0n) is 10.6. The van der Waals surface area contributed by atoms with Gasteiger partial charge in [0, 0.05) is 11.3 Å². The van der Waals surface area contributed by atoms with Crippen molar-refractivity contribution < 1.29 is 14.3 Å². The summed E-state index contributed by atoms with van der Waals surface area (Å²) in [5, 5.41) is 12.5. The Balaban J connectivity index is 2.02. The first kappa shape index (κ1) is 13.6. The minimum atomic E-state index is -0.413. The first-order chi connectivity index (χ1) is 9.15. The smallest absolute Gasteiger partial charge is 0.306 e. The molecule has 100 valence electrons. The molecule has 1 heterocycles. The van der Waals surface area contributed by atoms with Crippen LogP contribution in [0, 0.1) is 11.3 Å². The lowest BCUT2D eigenvalue weighted by Crippen LogP contribution is -2.13. The number of anilines is 1. The highest BCUT2D eigenvalue weighted by Gasteiger charge is 2.23. The van der Waals surface area contributed by atoms with Crippen LogP contribution in [-0.4, -0.2) is 19.0 Å². The zero-order chi connectivity index (χ0) is 13.8. The highest BCUT2D eigenvalue weighted by atomic mass is 32.1. The molecule has 1 aliphatic carbocycles. The molecule has 0 saturated heterocycles. The number of ether oxygens (including phenoxy) is 1. The minimum absolute atomic E-state index is 0.0509. The number of hydrogen-bond donors (Lipinski definition) is 1. The van der Waals surface area contributed by atoms with Crippen LogP contribution in [0.1, 0.15) is 35.3 Å². The van der Waals surface area contributed by atoms with Gasteiger partial charge in [0.25, 0.3) is 0 Å². The van der Waals surface area contributed by atoms with Gasteiger partial charge in [-0.3, -0.25) is 9.59 Å². The van der Waals surface area contributed by atoms with Gasteiger partial charge in [-0.25, -0.2) is 0 Å². The van der Waals surface area contributed by atoms with E-state index < -0.39 is 5.97 Å². The summed E-state index contributed by atoms with van der Waals surface area (Å²) < 4.78 is 4.48. The monoisotopic (exact) mass is 278 g/mol. The summed E-state index contributed by atoms with van der Waals surface area (Å²) >= 11 is 1.47. The van der Waals surface area contributed by atoms with Gasteiger partial charge in [0.1, 0.15) is 11.1 Å². The third-order valence-electron chi connectivity index (χ3n) is 3.07. The fourth-order valence-corrected chi connectivity index (χ4v) is 3.37. The predicted molar refractivity (Wildman–Crippen MR) is 70.9 cm³/mol. The molecule has 1 amide bonds. The maximum atomic E-state index is 11.7. The van der Waals surface area contributed by atoms with Crippen molar-refractivity contribution >= 4 is 28.2 Å². The van der Waals surface area contributed by atoms with E-state index in [1.807, 2.05) is 0 Å². The molecule has 0 aliphatic heterocycles. The molecule has 0 spiro atoms. The van der Waals surface area contributed by atoms with Gasteiger partial charge in [0.2, 0.25) is 5.91 Å². The summed E-state index contributed by atoms with van der Waals surface area (Å²) in [5.41, 5.74) is 1.67. The van der Waals surface area contributed by atoms with E-state index in [1.165, 1.54) is 23.3 Å². The van der Waals surface area contributed by atoms with E-state index >= 15 is 0 Å². The van der Waals surface area contributed by atoms with E-state index in [1.54, 1.807) is 0 Å². The Morgan fingerprint density at radius 3 is 2.89 bits per heavy atom. The number of thiophene rings is 1. The Morgan fingerprint density at radius 2 is 2.21 bits per heavy atom. The molecule has 5 nitrogen and oxygen atoms in total. The van der Waals surface area contributed by atoms with Gasteiger partial charge >= 0.3 is 5.97 Å². The largest absolute Gasteiger partial charge is 0.469 e. The van der Waals surface area contributed by atoms with Crippen molar-refractivity contribution in [2.24, 2.45) is 0 Å². The Hall–Kier alpha value is -1.87. The highest BCUT2D eigenvalue weighted by molar-refractivity contribution is 7.16. The first-order valence-corrected chi connectivity index (χ1v) is 6.88. The number of fused-ring (bicyclic) bond motifs is 1. The maximum Gasteiger partial charge on any atom is 0.306 e. The van der Waals surface area contributed by atoms with Crippen LogP contribution in [0.5, 0.6) is 0 Å². The van der Waals surface area contributed by atoms with E-state index in [9.17, 15) is 14.9 Å². The van der Waals surface area contributed by atoms with Gasteiger partial charge in [-0.2, -0.15) is 5.26 Å². The molecule has 1 N–H and O–H groups in total. The molecule has 6 heteroatoms. The fraction of sp³-hybridized carbons (Fsp3) is 0.462. The topological polar surface area (TPSA) is 79.2 Å². The predicted octanol–water partition coefficient (Wildman–Crippen LogP) is 2.00. The minimum Gasteiger partial charge on any atom is -0.469 e. The molecule has 0 fully saturated rings. The lowest BCUT2D eigenvalue weighted by atomic mass is 10.1. The van der Waals surface area contributed by atoms with Crippen LogP contribution in [0.25, 0.3) is 0 Å². The number of aryl methyl sites for hydroxylation is 1. The number of amides is 1. The molecule has 1 aliphatic rings. The quantitative estimate of drug-likeness (QED) is 0.854. The summed E-state index contributed by atoms with van der Waals surface area (Å²) in [6, 6.07) is 2.16. The number of esters is 1. The Labute approximate surface area is 115 Å². The molecule has 1 aromatic heterocycles. The van der Waals surface area contributed by atoms with Crippen molar-refractivity contribution in [3.05, 3.63) is 16.0 Å². The summed E-state index contributed by atoms with van der Waals surface area (Å²) in [6.45, 7) is 0. The molecule has 0 radical (unpaired) electrons. The van der Waals surface area contributed by atoms with Crippen LogP contribution in [0.3, 0.4) is 0 Å². The SMILES string of the molecule is COC(=O)CCC(=O)Nc1sc2c(c1C#N)CCC2. The molecule has 1 aromatic rings. The average molecular weight is 278 g/mol. The van der Waals surface area contributed by atoms with Crippen molar-refractivity contribution in [1.82, 2.24) is 0 Å². The molecule has 0 unspecified atom stereocenters. The average Bonchev–Trinajstić information content (AvgIpc) is 2.96. The van der Waals surface area contributed by atoms with Gasteiger partial charge in [-0.1, -0.05) is 0 Å². The zero-order valence-corrected chi connectivity index (χ0v) is 11.4. The van der Waals surface area contributed by atoms with Crippen molar-refractivity contribution in [2.45, 2.75) is 32.1 Å². The summed E-state index contributed by atoms with van der Waals surface area (Å²) in [4.78, 5) is 23.9. The van der Waals surface area contributed by atoms with Crippen molar-refractivity contribution in [2.75, 3.05) is 12.4 Å². The first-order valence-electron chi connectivity index (χ1n) is 6.07. The number of nitrogens with one attached hydrogen (secondary N) is 1. The van der Waals surface area contributed by atoms with Crippen LogP contribution in [0.4, 0.5) is 5.00 Å². The van der Waals surface area contributed by atoms with E-state index in [2.05, 4.69) is 16.1 Å².